The molecule has 30 heavy (non-hydrogen) atoms. The molecule has 0 radical (unpaired) electrons. The Balaban J connectivity index is 1.61. The summed E-state index contributed by atoms with van der Waals surface area (Å²) in [6, 6.07) is 2.73. The summed E-state index contributed by atoms with van der Waals surface area (Å²) in [6.07, 6.45) is 1.56. The van der Waals surface area contributed by atoms with E-state index in [1.807, 2.05) is 0 Å². The van der Waals surface area contributed by atoms with E-state index >= 15 is 0 Å². The van der Waals surface area contributed by atoms with E-state index in [4.69, 9.17) is 16.3 Å². The Morgan fingerprint density at radius 3 is 2.70 bits per heavy atom. The second-order valence-electron chi connectivity index (χ2n) is 7.16. The highest BCUT2D eigenvalue weighted by Crippen LogP contribution is 2.24. The number of phenols is 1. The number of benzene rings is 1. The highest BCUT2D eigenvalue weighted by atomic mass is 35.5. The molecule has 1 aromatic carbocycles. The van der Waals surface area contributed by atoms with Gasteiger partial charge >= 0.3 is 0 Å². The van der Waals surface area contributed by atoms with Crippen LogP contribution < -0.4 is 4.72 Å². The number of carbonyl (C=O) groups excluding carboxylic acids is 2. The Morgan fingerprint density at radius 2 is 2.03 bits per heavy atom. The topological polar surface area (TPSA) is 116 Å². The average Bonchev–Trinajstić information content (AvgIpc) is 3.08. The fourth-order valence-corrected chi connectivity index (χ4v) is 4.56. The van der Waals surface area contributed by atoms with Crippen molar-refractivity contribution < 1.29 is 27.9 Å². The van der Waals surface area contributed by atoms with Crippen molar-refractivity contribution in [3.05, 3.63) is 34.2 Å². The molecular weight excluding hydrogens is 434 g/mol. The first kappa shape index (κ1) is 22.5. The summed E-state index contributed by atoms with van der Waals surface area (Å²) in [5, 5.41) is 10.7. The zero-order valence-corrected chi connectivity index (χ0v) is 18.0. The third-order valence-electron chi connectivity index (χ3n) is 5.10. The number of rotatable bonds is 6. The number of likely N-dealkylation sites (tertiary alicyclic amines) is 1. The van der Waals surface area contributed by atoms with Gasteiger partial charge in [0.15, 0.2) is 0 Å². The molecule has 1 aromatic rings. The third-order valence-corrected chi connectivity index (χ3v) is 6.53. The van der Waals surface area contributed by atoms with Gasteiger partial charge in [-0.2, -0.15) is 4.72 Å². The average molecular weight is 458 g/mol. The van der Waals surface area contributed by atoms with E-state index in [0.29, 0.717) is 31.9 Å². The maximum atomic E-state index is 12.7. The lowest BCUT2D eigenvalue weighted by Gasteiger charge is -2.32. The quantitative estimate of drug-likeness (QED) is 0.652. The van der Waals surface area contributed by atoms with Crippen molar-refractivity contribution in [3.8, 4) is 5.75 Å². The zero-order chi connectivity index (χ0) is 21.9. The van der Waals surface area contributed by atoms with Crippen LogP contribution in [-0.2, 0) is 24.3 Å². The van der Waals surface area contributed by atoms with Crippen LogP contribution in [0, 0.1) is 0 Å². The van der Waals surface area contributed by atoms with Gasteiger partial charge in [-0.15, -0.1) is 0 Å². The van der Waals surface area contributed by atoms with Crippen LogP contribution in [0.15, 0.2) is 23.6 Å². The molecule has 2 aliphatic heterocycles. The number of ether oxygens (including phenoxy) is 1. The molecule has 2 atom stereocenters. The number of hydrogen-bond acceptors (Lipinski definition) is 6. The summed E-state index contributed by atoms with van der Waals surface area (Å²) in [7, 11) is -3.91. The lowest BCUT2D eigenvalue weighted by molar-refractivity contribution is -0.146. The van der Waals surface area contributed by atoms with Gasteiger partial charge in [-0.05, 0) is 37.1 Å². The molecule has 2 aliphatic rings. The summed E-state index contributed by atoms with van der Waals surface area (Å²) in [5.41, 5.74) is 0.436. The molecule has 0 bridgehead atoms. The van der Waals surface area contributed by atoms with Gasteiger partial charge in [-0.3, -0.25) is 9.59 Å². The Bertz CT molecular complexity index is 946. The molecule has 2 saturated heterocycles. The molecule has 0 spiro atoms. The number of aromatic hydroxyl groups is 1. The largest absolute Gasteiger partial charge is 0.506 e. The molecule has 3 rings (SSSR count). The van der Waals surface area contributed by atoms with Crippen molar-refractivity contribution in [1.29, 1.82) is 0 Å². The monoisotopic (exact) mass is 457 g/mol. The number of amides is 2. The van der Waals surface area contributed by atoms with Gasteiger partial charge in [0.2, 0.25) is 21.8 Å². The fourth-order valence-electron chi connectivity index (χ4n) is 3.42. The smallest absolute Gasteiger partial charge is 0.245 e. The van der Waals surface area contributed by atoms with Crippen molar-refractivity contribution >= 4 is 39.5 Å². The predicted molar refractivity (Wildman–Crippen MR) is 111 cm³/mol. The van der Waals surface area contributed by atoms with E-state index in [1.165, 1.54) is 23.1 Å². The number of nitrogens with one attached hydrogen (secondary N) is 1. The second-order valence-corrected chi connectivity index (χ2v) is 9.17. The first-order chi connectivity index (χ1) is 14.2. The highest BCUT2D eigenvalue weighted by molar-refractivity contribution is 7.92. The van der Waals surface area contributed by atoms with Gasteiger partial charge in [-0.25, -0.2) is 8.42 Å². The van der Waals surface area contributed by atoms with E-state index in [2.05, 4.69) is 4.72 Å². The molecule has 2 N–H and O–H groups in total. The van der Waals surface area contributed by atoms with Crippen LogP contribution in [0.3, 0.4) is 0 Å². The minimum absolute atomic E-state index is 0.158. The molecule has 2 fully saturated rings. The van der Waals surface area contributed by atoms with E-state index in [-0.39, 0.29) is 29.6 Å². The summed E-state index contributed by atoms with van der Waals surface area (Å²) >= 11 is 5.73. The molecule has 2 amide bonds. The van der Waals surface area contributed by atoms with Crippen LogP contribution >= 0.6 is 11.6 Å². The molecule has 2 heterocycles. The van der Waals surface area contributed by atoms with Gasteiger partial charge in [0.1, 0.15) is 17.8 Å². The van der Waals surface area contributed by atoms with E-state index in [0.717, 1.165) is 5.41 Å². The zero-order valence-electron chi connectivity index (χ0n) is 16.5. The minimum atomic E-state index is -3.91. The molecular formula is C19H24ClN3O6S. The summed E-state index contributed by atoms with van der Waals surface area (Å²) in [5.74, 6) is -0.757. The number of nitrogens with zero attached hydrogens (tertiary/aromatic N) is 2. The van der Waals surface area contributed by atoms with Crippen LogP contribution in [0.2, 0.25) is 5.02 Å². The number of morpholine rings is 1. The number of sulfonamides is 1. The summed E-state index contributed by atoms with van der Waals surface area (Å²) in [4.78, 5) is 28.4. The van der Waals surface area contributed by atoms with E-state index in [1.54, 1.807) is 17.9 Å². The van der Waals surface area contributed by atoms with E-state index in [9.17, 15) is 23.1 Å². The number of halogens is 1. The molecule has 9 nitrogen and oxygen atoms in total. The highest BCUT2D eigenvalue weighted by Gasteiger charge is 2.39. The lowest BCUT2D eigenvalue weighted by atomic mass is 10.2. The Labute approximate surface area is 180 Å². The first-order valence-electron chi connectivity index (χ1n) is 9.54. The molecule has 0 aromatic heterocycles. The normalized spacial score (nSPS) is 21.4. The van der Waals surface area contributed by atoms with Crippen LogP contribution in [0.25, 0.3) is 6.08 Å². The molecule has 164 valence electrons. The molecule has 0 saturated carbocycles. The first-order valence-corrected chi connectivity index (χ1v) is 11.5. The number of phenolic OH excluding ortho intramolecular Hbond substituents is 1. The second kappa shape index (κ2) is 9.34. The maximum absolute atomic E-state index is 12.7. The Hall–Kier alpha value is -2.14. The van der Waals surface area contributed by atoms with Crippen molar-refractivity contribution in [2.45, 2.75) is 25.4 Å². The minimum Gasteiger partial charge on any atom is -0.506 e. The Morgan fingerprint density at radius 1 is 1.33 bits per heavy atom. The fraction of sp³-hybridized carbons (Fsp3) is 0.474. The third kappa shape index (κ3) is 5.31. The molecule has 0 unspecified atom stereocenters. The molecule has 0 aliphatic carbocycles. The summed E-state index contributed by atoms with van der Waals surface area (Å²) < 4.78 is 32.3. The van der Waals surface area contributed by atoms with Crippen LogP contribution in [0.1, 0.15) is 18.9 Å². The standard InChI is InChI=1S/C19H24ClN3O6S/c1-13(18(25)22-7-9-29-10-8-22)23-6-4-16(19(23)26)21-30(27,28)11-5-14-2-3-15(20)17(24)12-14/h2-3,5,11-13,16,21,24H,4,6-10H2,1H3/b11-5+/t13-,16-/m0/s1. The molecule has 11 heteroatoms. The van der Waals surface area contributed by atoms with E-state index < -0.39 is 28.0 Å². The van der Waals surface area contributed by atoms with Gasteiger partial charge in [0.05, 0.1) is 18.2 Å². The predicted octanol–water partition coefficient (Wildman–Crippen LogP) is 0.784. The van der Waals surface area contributed by atoms with Gasteiger partial charge < -0.3 is 19.6 Å². The van der Waals surface area contributed by atoms with Crippen molar-refractivity contribution in [1.82, 2.24) is 14.5 Å². The summed E-state index contributed by atoms with van der Waals surface area (Å²) in [6.45, 7) is 3.83. The van der Waals surface area contributed by atoms with Crippen LogP contribution in [0.4, 0.5) is 0 Å². The van der Waals surface area contributed by atoms with Crippen LogP contribution in [-0.4, -0.2) is 80.1 Å². The maximum Gasteiger partial charge on any atom is 0.245 e. The SMILES string of the molecule is C[C@@H](C(=O)N1CCOCC1)N1CC[C@H](NS(=O)(=O)/C=C/c2ccc(Cl)c(O)c2)C1=O. The Kier molecular flexibility index (Phi) is 7.02. The van der Waals surface area contributed by atoms with Crippen molar-refractivity contribution in [2.75, 3.05) is 32.8 Å². The van der Waals surface area contributed by atoms with Crippen molar-refractivity contribution in [2.24, 2.45) is 0 Å². The van der Waals surface area contributed by atoms with Gasteiger partial charge in [-0.1, -0.05) is 17.7 Å². The van der Waals surface area contributed by atoms with Crippen LogP contribution in [0.5, 0.6) is 5.75 Å². The van der Waals surface area contributed by atoms with Gasteiger partial charge in [0.25, 0.3) is 0 Å². The van der Waals surface area contributed by atoms with Gasteiger partial charge in [0, 0.05) is 25.0 Å². The number of carbonyl (C=O) groups is 2. The lowest BCUT2D eigenvalue weighted by Crippen LogP contribution is -2.52. The van der Waals surface area contributed by atoms with Crippen molar-refractivity contribution in [3.63, 3.8) is 0 Å². The number of hydrogen-bond donors (Lipinski definition) is 2.